The average molecular weight is 586 g/mol. The Kier molecular flexibility index (Phi) is 8.44. The van der Waals surface area contributed by atoms with Gasteiger partial charge in [0.05, 0.1) is 37.6 Å². The van der Waals surface area contributed by atoms with Gasteiger partial charge in [0.1, 0.15) is 5.69 Å². The monoisotopic (exact) mass is 585 g/mol. The smallest absolute Gasteiger partial charge is 0.268 e. The summed E-state index contributed by atoms with van der Waals surface area (Å²) < 4.78 is 14.1. The summed E-state index contributed by atoms with van der Waals surface area (Å²) >= 11 is 1.36. The van der Waals surface area contributed by atoms with Crippen LogP contribution in [0.5, 0.6) is 11.5 Å². The van der Waals surface area contributed by atoms with E-state index in [2.05, 4.69) is 13.0 Å². The first kappa shape index (κ1) is 29.1. The summed E-state index contributed by atoms with van der Waals surface area (Å²) in [6.07, 6.45) is 1.61. The lowest BCUT2D eigenvalue weighted by atomic mass is 10.1. The molecule has 0 fully saturated rings. The van der Waals surface area contributed by atoms with Crippen LogP contribution in [0.2, 0.25) is 0 Å². The van der Waals surface area contributed by atoms with Crippen molar-refractivity contribution < 1.29 is 14.3 Å². The molecule has 5 rings (SSSR count). The molecule has 0 saturated carbocycles. The van der Waals surface area contributed by atoms with Crippen molar-refractivity contribution in [1.82, 2.24) is 24.1 Å². The summed E-state index contributed by atoms with van der Waals surface area (Å²) in [4.78, 5) is 34.1. The summed E-state index contributed by atoms with van der Waals surface area (Å²) in [7, 11) is 4.98. The lowest BCUT2D eigenvalue weighted by Crippen LogP contribution is -2.31. The number of methoxy groups -OCH3 is 2. The third-order valence-corrected chi connectivity index (χ3v) is 8.38. The number of carbonyl (C=O) groups is 1. The quantitative estimate of drug-likeness (QED) is 0.228. The molecule has 42 heavy (non-hydrogen) atoms. The summed E-state index contributed by atoms with van der Waals surface area (Å²) in [5.41, 5.74) is 6.14. The van der Waals surface area contributed by atoms with Crippen LogP contribution in [-0.4, -0.2) is 57.8 Å². The Hall–Kier alpha value is -4.44. The Morgan fingerprint density at radius 3 is 2.55 bits per heavy atom. The minimum atomic E-state index is -0.219. The van der Waals surface area contributed by atoms with Crippen molar-refractivity contribution in [1.29, 1.82) is 0 Å². The number of fused-ring (bicyclic) bond motifs is 1. The number of ether oxygens (including phenoxy) is 2. The highest BCUT2D eigenvalue weighted by Crippen LogP contribution is 2.28. The molecule has 0 unspecified atom stereocenters. The van der Waals surface area contributed by atoms with Gasteiger partial charge in [-0.2, -0.15) is 5.10 Å². The number of aryl methyl sites for hydroxylation is 3. The SMILES string of the molecule is CCc1ccccc1-n1nc(-c2c(C)nc3scc(CC(=O)N(C)CCc4ccc(OC)c(OC)c4)n3c2=O)cc1C. The van der Waals surface area contributed by atoms with Crippen LogP contribution in [0.25, 0.3) is 21.9 Å². The van der Waals surface area contributed by atoms with Crippen molar-refractivity contribution in [3.05, 3.63) is 92.5 Å². The standard InChI is InChI=1S/C32H35N5O4S/c1-7-23-10-8-9-11-26(23)37-20(2)16-25(34-37)30-21(3)33-32-36(31(30)39)24(19-42-32)18-29(38)35(4)15-14-22-12-13-27(40-5)28(17-22)41-6/h8-13,16-17,19H,7,14-15,18H2,1-6H3. The number of likely N-dealkylation sites (N-methyl/N-ethyl adjacent to an activating group) is 1. The number of benzene rings is 2. The Morgan fingerprint density at radius 2 is 1.81 bits per heavy atom. The second-order valence-corrected chi connectivity index (χ2v) is 11.1. The normalized spacial score (nSPS) is 11.2. The minimum Gasteiger partial charge on any atom is -0.493 e. The molecule has 10 heteroatoms. The largest absolute Gasteiger partial charge is 0.493 e. The van der Waals surface area contributed by atoms with Gasteiger partial charge < -0.3 is 14.4 Å². The molecule has 9 nitrogen and oxygen atoms in total. The van der Waals surface area contributed by atoms with E-state index < -0.39 is 0 Å². The molecule has 5 aromatic rings. The average Bonchev–Trinajstić information content (AvgIpc) is 3.58. The molecule has 0 bridgehead atoms. The van der Waals surface area contributed by atoms with Crippen LogP contribution >= 0.6 is 11.3 Å². The van der Waals surface area contributed by atoms with Gasteiger partial charge in [-0.3, -0.25) is 14.0 Å². The third kappa shape index (κ3) is 5.54. The number of para-hydroxylation sites is 1. The Morgan fingerprint density at radius 1 is 1.05 bits per heavy atom. The summed E-state index contributed by atoms with van der Waals surface area (Å²) in [5.74, 6) is 1.23. The number of hydrogen-bond acceptors (Lipinski definition) is 7. The zero-order valence-electron chi connectivity index (χ0n) is 24.8. The zero-order chi connectivity index (χ0) is 30.0. The highest BCUT2D eigenvalue weighted by molar-refractivity contribution is 7.15. The van der Waals surface area contributed by atoms with Gasteiger partial charge in [0.2, 0.25) is 5.91 Å². The Bertz CT molecular complexity index is 1820. The maximum absolute atomic E-state index is 13.9. The van der Waals surface area contributed by atoms with Crippen LogP contribution in [0.4, 0.5) is 0 Å². The van der Waals surface area contributed by atoms with Gasteiger partial charge in [-0.1, -0.05) is 31.2 Å². The number of amides is 1. The molecule has 218 valence electrons. The van der Waals surface area contributed by atoms with Crippen LogP contribution in [-0.2, 0) is 24.1 Å². The van der Waals surface area contributed by atoms with Gasteiger partial charge in [0.15, 0.2) is 16.5 Å². The van der Waals surface area contributed by atoms with Crippen molar-refractivity contribution in [2.24, 2.45) is 0 Å². The summed E-state index contributed by atoms with van der Waals surface area (Å²) in [6.45, 7) is 6.44. The number of rotatable bonds is 10. The fraction of sp³-hybridized carbons (Fsp3) is 0.312. The molecule has 0 aliphatic heterocycles. The van der Waals surface area contributed by atoms with Gasteiger partial charge in [-0.25, -0.2) is 9.67 Å². The highest BCUT2D eigenvalue weighted by Gasteiger charge is 2.21. The van der Waals surface area contributed by atoms with Crippen molar-refractivity contribution in [3.8, 4) is 28.4 Å². The molecular formula is C32H35N5O4S. The zero-order valence-corrected chi connectivity index (χ0v) is 25.6. The first-order valence-corrected chi connectivity index (χ1v) is 14.7. The van der Waals surface area contributed by atoms with E-state index in [-0.39, 0.29) is 17.9 Å². The van der Waals surface area contributed by atoms with Gasteiger partial charge >= 0.3 is 0 Å². The van der Waals surface area contributed by atoms with Gasteiger partial charge in [0.25, 0.3) is 5.56 Å². The number of aromatic nitrogens is 4. The van der Waals surface area contributed by atoms with Crippen molar-refractivity contribution in [2.75, 3.05) is 27.8 Å². The van der Waals surface area contributed by atoms with E-state index in [1.807, 2.05) is 66.4 Å². The van der Waals surface area contributed by atoms with E-state index in [4.69, 9.17) is 19.6 Å². The van der Waals surface area contributed by atoms with Crippen molar-refractivity contribution >= 4 is 22.2 Å². The maximum Gasteiger partial charge on any atom is 0.268 e. The third-order valence-electron chi connectivity index (χ3n) is 7.51. The second kappa shape index (κ2) is 12.2. The maximum atomic E-state index is 13.9. The highest BCUT2D eigenvalue weighted by atomic mass is 32.1. The molecule has 0 aliphatic rings. The van der Waals surface area contributed by atoms with Gasteiger partial charge in [-0.05, 0) is 62.1 Å². The minimum absolute atomic E-state index is 0.0829. The van der Waals surface area contributed by atoms with Crippen LogP contribution < -0.4 is 15.0 Å². The molecule has 0 aliphatic carbocycles. The van der Waals surface area contributed by atoms with Gasteiger partial charge in [0, 0.05) is 30.4 Å². The first-order valence-electron chi connectivity index (χ1n) is 13.9. The summed E-state index contributed by atoms with van der Waals surface area (Å²) in [5, 5.41) is 6.68. The predicted molar refractivity (Wildman–Crippen MR) is 165 cm³/mol. The molecule has 0 saturated heterocycles. The lowest BCUT2D eigenvalue weighted by molar-refractivity contribution is -0.129. The molecule has 3 aromatic heterocycles. The molecule has 1 amide bonds. The van der Waals surface area contributed by atoms with Crippen molar-refractivity contribution in [3.63, 3.8) is 0 Å². The topological polar surface area (TPSA) is 91.0 Å². The van der Waals surface area contributed by atoms with Crippen LogP contribution in [0, 0.1) is 13.8 Å². The van der Waals surface area contributed by atoms with Gasteiger partial charge in [-0.15, -0.1) is 11.3 Å². The van der Waals surface area contributed by atoms with Crippen LogP contribution in [0.15, 0.2) is 58.7 Å². The van der Waals surface area contributed by atoms with Crippen LogP contribution in [0.1, 0.15) is 35.1 Å². The van der Waals surface area contributed by atoms with E-state index in [9.17, 15) is 9.59 Å². The second-order valence-electron chi connectivity index (χ2n) is 10.2. The predicted octanol–water partition coefficient (Wildman–Crippen LogP) is 5.05. The van der Waals surface area contributed by atoms with E-state index in [1.165, 1.54) is 16.9 Å². The lowest BCUT2D eigenvalue weighted by Gasteiger charge is -2.18. The fourth-order valence-corrected chi connectivity index (χ4v) is 6.05. The molecule has 0 atom stereocenters. The summed E-state index contributed by atoms with van der Waals surface area (Å²) in [6, 6.07) is 15.8. The Balaban J connectivity index is 1.40. The van der Waals surface area contributed by atoms with E-state index >= 15 is 0 Å². The number of thiazole rings is 1. The van der Waals surface area contributed by atoms with Crippen molar-refractivity contribution in [2.45, 2.75) is 40.0 Å². The molecule has 3 heterocycles. The van der Waals surface area contributed by atoms with E-state index in [0.717, 1.165) is 23.4 Å². The van der Waals surface area contributed by atoms with E-state index in [1.54, 1.807) is 30.6 Å². The molecule has 0 N–H and O–H groups in total. The number of carbonyl (C=O) groups excluding carboxylic acids is 1. The molecule has 0 radical (unpaired) electrons. The molecular weight excluding hydrogens is 550 g/mol. The molecule has 0 spiro atoms. The van der Waals surface area contributed by atoms with E-state index in [0.29, 0.717) is 52.1 Å². The fourth-order valence-electron chi connectivity index (χ4n) is 5.13. The number of hydrogen-bond donors (Lipinski definition) is 0. The number of nitrogens with zero attached hydrogens (tertiary/aromatic N) is 5. The first-order chi connectivity index (χ1) is 20.2. The molecule has 2 aromatic carbocycles. The van der Waals surface area contributed by atoms with Crippen LogP contribution in [0.3, 0.4) is 0 Å². The Labute approximate surface area is 249 Å².